The summed E-state index contributed by atoms with van der Waals surface area (Å²) in [4.78, 5) is 5.24. The highest BCUT2D eigenvalue weighted by atomic mass is 15.2. The summed E-state index contributed by atoms with van der Waals surface area (Å²) in [6.07, 6.45) is 4.68. The Morgan fingerprint density at radius 2 is 0.926 bits per heavy atom. The average Bonchev–Trinajstić information content (AvgIpc) is 4.14. The first-order valence-electron chi connectivity index (χ1n) is 24.9. The van der Waals surface area contributed by atoms with Crippen LogP contribution in [0.1, 0.15) is 88.2 Å². The van der Waals surface area contributed by atoms with Gasteiger partial charge in [0, 0.05) is 39.5 Å². The van der Waals surface area contributed by atoms with E-state index in [4.69, 9.17) is 0 Å². The summed E-state index contributed by atoms with van der Waals surface area (Å²) in [6, 6.07) is 78.9. The van der Waals surface area contributed by atoms with Crippen LogP contribution in [0.3, 0.4) is 0 Å². The minimum atomic E-state index is -0.151. The van der Waals surface area contributed by atoms with E-state index in [0.29, 0.717) is 11.8 Å². The second-order valence-corrected chi connectivity index (χ2v) is 20.8. The molecule has 0 aliphatic heterocycles. The van der Waals surface area contributed by atoms with E-state index in [1.54, 1.807) is 11.1 Å². The van der Waals surface area contributed by atoms with Crippen LogP contribution in [0.15, 0.2) is 206 Å². The summed E-state index contributed by atoms with van der Waals surface area (Å²) in [5.74, 6) is 1.16. The van der Waals surface area contributed by atoms with E-state index in [1.165, 1.54) is 114 Å². The molecule has 328 valence electrons. The number of fused-ring (bicyclic) bond motifs is 8. The molecule has 4 unspecified atom stereocenters. The van der Waals surface area contributed by atoms with Crippen molar-refractivity contribution in [3.8, 4) is 22.3 Å². The van der Waals surface area contributed by atoms with Crippen molar-refractivity contribution in [2.24, 2.45) is 11.8 Å². The molecular formula is C66H54N2. The van der Waals surface area contributed by atoms with Crippen LogP contribution in [0.5, 0.6) is 0 Å². The van der Waals surface area contributed by atoms with Gasteiger partial charge in [-0.2, -0.15) is 0 Å². The van der Waals surface area contributed by atoms with Crippen molar-refractivity contribution in [2.75, 3.05) is 9.80 Å². The minimum Gasteiger partial charge on any atom is -0.310 e. The summed E-state index contributed by atoms with van der Waals surface area (Å²) in [5.41, 5.74) is 26.9. The van der Waals surface area contributed by atoms with Gasteiger partial charge >= 0.3 is 0 Å². The Balaban J connectivity index is 1.02. The fourth-order valence-electron chi connectivity index (χ4n) is 14.3. The predicted octanol–water partition coefficient (Wildman–Crippen LogP) is 16.8. The average molecular weight is 875 g/mol. The Bertz CT molecular complexity index is 3430. The standard InChI is InChI=1S/C66H54N2/c1-42-28-30-43(31-29-42)62-56-24-11-10-22-52(56)53-36-34-50(40-57(53)62)68(51-35-37-55-54-23-12-13-25-58(54)65(2,3)59(55)41-51)61-27-15-17-45-39-47-33-32-46-38-44-16-14-26-60(63(44)66(46,47)64(45)61)67(48-18-6-4-7-19-48)49-20-8-5-9-21-49/h4-31,34-37,40-41,46-47,62H,32-33,38-39H2,1-3H3. The lowest BCUT2D eigenvalue weighted by atomic mass is 9.68. The van der Waals surface area contributed by atoms with Crippen LogP contribution >= 0.6 is 0 Å². The van der Waals surface area contributed by atoms with Crippen molar-refractivity contribution in [3.05, 3.63) is 262 Å². The van der Waals surface area contributed by atoms with Crippen molar-refractivity contribution >= 4 is 34.1 Å². The number of rotatable bonds is 7. The van der Waals surface area contributed by atoms with Crippen LogP contribution < -0.4 is 9.80 Å². The molecule has 0 N–H and O–H groups in total. The van der Waals surface area contributed by atoms with Gasteiger partial charge < -0.3 is 9.80 Å². The highest BCUT2D eigenvalue weighted by molar-refractivity contribution is 5.91. The van der Waals surface area contributed by atoms with Gasteiger partial charge in [-0.25, -0.2) is 0 Å². The molecule has 0 radical (unpaired) electrons. The van der Waals surface area contributed by atoms with E-state index in [-0.39, 0.29) is 16.7 Å². The molecule has 0 aromatic heterocycles. The molecule has 0 amide bonds. The highest BCUT2D eigenvalue weighted by Crippen LogP contribution is 2.69. The van der Waals surface area contributed by atoms with E-state index in [9.17, 15) is 0 Å². The number of benzene rings is 9. The minimum absolute atomic E-state index is 0.139. The molecule has 0 bridgehead atoms. The van der Waals surface area contributed by atoms with Gasteiger partial charge in [0.15, 0.2) is 0 Å². The van der Waals surface area contributed by atoms with Gasteiger partial charge in [0.25, 0.3) is 0 Å². The third-order valence-electron chi connectivity index (χ3n) is 17.1. The van der Waals surface area contributed by atoms with Crippen LogP contribution in [0.2, 0.25) is 0 Å². The lowest BCUT2D eigenvalue weighted by molar-refractivity contribution is 0.350. The molecule has 2 heteroatoms. The fourth-order valence-corrected chi connectivity index (χ4v) is 14.3. The first-order valence-corrected chi connectivity index (χ1v) is 24.9. The second kappa shape index (κ2) is 14.8. The summed E-state index contributed by atoms with van der Waals surface area (Å²) in [6.45, 7) is 7.02. The fraction of sp³-hybridized carbons (Fsp3) is 0.182. The molecule has 5 aliphatic rings. The number of para-hydroxylation sites is 2. The van der Waals surface area contributed by atoms with Gasteiger partial charge in [0.1, 0.15) is 0 Å². The van der Waals surface area contributed by atoms with Crippen LogP contribution in [0.4, 0.5) is 34.1 Å². The zero-order chi connectivity index (χ0) is 45.3. The Morgan fingerprint density at radius 3 is 1.57 bits per heavy atom. The van der Waals surface area contributed by atoms with Crippen LogP contribution in [0, 0.1) is 18.8 Å². The Hall–Kier alpha value is -7.42. The van der Waals surface area contributed by atoms with Crippen molar-refractivity contribution in [1.82, 2.24) is 0 Å². The molecule has 0 heterocycles. The maximum Gasteiger partial charge on any atom is 0.0505 e. The zero-order valence-corrected chi connectivity index (χ0v) is 39.1. The first kappa shape index (κ1) is 39.7. The second-order valence-electron chi connectivity index (χ2n) is 20.8. The van der Waals surface area contributed by atoms with E-state index in [1.807, 2.05) is 0 Å². The maximum atomic E-state index is 2.69. The number of hydrogen-bond acceptors (Lipinski definition) is 2. The van der Waals surface area contributed by atoms with Gasteiger partial charge in [-0.1, -0.05) is 165 Å². The number of nitrogens with zero attached hydrogens (tertiary/aromatic N) is 2. The molecule has 4 atom stereocenters. The molecule has 1 saturated carbocycles. The molecule has 9 aromatic rings. The molecule has 0 saturated heterocycles. The molecule has 1 fully saturated rings. The van der Waals surface area contributed by atoms with Crippen LogP contribution in [-0.4, -0.2) is 0 Å². The lowest BCUT2D eigenvalue weighted by Gasteiger charge is -2.40. The largest absolute Gasteiger partial charge is 0.310 e. The predicted molar refractivity (Wildman–Crippen MR) is 282 cm³/mol. The SMILES string of the molecule is Cc1ccc(C2c3ccccc3-c3ccc(N(c4ccc5c(c4)C(C)(C)c4ccccc4-5)c4cccc5c4C46c7c(cccc7N(c7ccccc7)c7ccccc7)CC4CCC6C5)cc32)cc1. The Kier molecular flexibility index (Phi) is 8.64. The van der Waals surface area contributed by atoms with Crippen molar-refractivity contribution < 1.29 is 0 Å². The summed E-state index contributed by atoms with van der Waals surface area (Å²) < 4.78 is 0. The van der Waals surface area contributed by atoms with E-state index in [0.717, 1.165) is 12.8 Å². The molecule has 68 heavy (non-hydrogen) atoms. The van der Waals surface area contributed by atoms with E-state index >= 15 is 0 Å². The van der Waals surface area contributed by atoms with Crippen molar-refractivity contribution in [3.63, 3.8) is 0 Å². The number of anilines is 6. The summed E-state index contributed by atoms with van der Waals surface area (Å²) >= 11 is 0. The third-order valence-corrected chi connectivity index (χ3v) is 17.1. The molecule has 5 aliphatic carbocycles. The maximum absolute atomic E-state index is 2.69. The van der Waals surface area contributed by atoms with Crippen LogP contribution in [0.25, 0.3) is 22.3 Å². The quantitative estimate of drug-likeness (QED) is 0.157. The molecule has 2 nitrogen and oxygen atoms in total. The molecule has 9 aromatic carbocycles. The number of aryl methyl sites for hydroxylation is 1. The van der Waals surface area contributed by atoms with Gasteiger partial charge in [-0.3, -0.25) is 0 Å². The Morgan fingerprint density at radius 1 is 0.412 bits per heavy atom. The monoisotopic (exact) mass is 874 g/mol. The van der Waals surface area contributed by atoms with E-state index in [2.05, 4.69) is 237 Å². The number of hydrogen-bond donors (Lipinski definition) is 0. The van der Waals surface area contributed by atoms with Gasteiger partial charge in [0.2, 0.25) is 0 Å². The van der Waals surface area contributed by atoms with Gasteiger partial charge in [-0.15, -0.1) is 0 Å². The summed E-state index contributed by atoms with van der Waals surface area (Å²) in [7, 11) is 0. The molecular weight excluding hydrogens is 821 g/mol. The van der Waals surface area contributed by atoms with E-state index < -0.39 is 0 Å². The molecule has 1 spiro atoms. The zero-order valence-electron chi connectivity index (χ0n) is 39.1. The van der Waals surface area contributed by atoms with Gasteiger partial charge in [-0.05, 0) is 177 Å². The van der Waals surface area contributed by atoms with Gasteiger partial charge in [0.05, 0.1) is 11.4 Å². The smallest absolute Gasteiger partial charge is 0.0505 e. The molecule has 14 rings (SSSR count). The third kappa shape index (κ3) is 5.52. The normalized spacial score (nSPS) is 20.4. The van der Waals surface area contributed by atoms with Crippen molar-refractivity contribution in [2.45, 2.75) is 63.2 Å². The van der Waals surface area contributed by atoms with Crippen molar-refractivity contribution in [1.29, 1.82) is 0 Å². The first-order chi connectivity index (χ1) is 33.4. The Labute approximate surface area is 401 Å². The summed E-state index contributed by atoms with van der Waals surface area (Å²) in [5, 5.41) is 0. The lowest BCUT2D eigenvalue weighted by Crippen LogP contribution is -2.34. The van der Waals surface area contributed by atoms with Crippen LogP contribution in [-0.2, 0) is 23.7 Å². The topological polar surface area (TPSA) is 6.48 Å². The highest BCUT2D eigenvalue weighted by Gasteiger charge is 2.62.